The monoisotopic (exact) mass is 264 g/mol. The number of nitrogens with one attached hydrogen (secondary N) is 2. The Kier molecular flexibility index (Phi) is 3.59. The minimum absolute atomic E-state index is 0.0146. The zero-order valence-corrected chi connectivity index (χ0v) is 12.4. The maximum absolute atomic E-state index is 12.7. The largest absolute Gasteiger partial charge is 0.354 e. The van der Waals surface area contributed by atoms with Crippen LogP contribution in [0.1, 0.15) is 52.4 Å². The second kappa shape index (κ2) is 5.08. The molecule has 4 fully saturated rings. The zero-order valence-electron chi connectivity index (χ0n) is 12.4. The highest BCUT2D eigenvalue weighted by Gasteiger charge is 2.54. The molecule has 0 unspecified atom stereocenters. The van der Waals surface area contributed by atoms with Crippen molar-refractivity contribution in [2.24, 2.45) is 23.2 Å². The van der Waals surface area contributed by atoms with E-state index in [1.165, 1.54) is 38.5 Å². The van der Waals surface area contributed by atoms with Crippen LogP contribution in [0.3, 0.4) is 0 Å². The first-order valence-electron chi connectivity index (χ1n) is 8.13. The van der Waals surface area contributed by atoms with E-state index in [9.17, 15) is 4.79 Å². The van der Waals surface area contributed by atoms with Crippen molar-refractivity contribution < 1.29 is 4.79 Å². The minimum atomic E-state index is 0.0146. The molecule has 0 aliphatic heterocycles. The lowest BCUT2D eigenvalue weighted by molar-refractivity contribution is -0.146. The van der Waals surface area contributed by atoms with Gasteiger partial charge in [0.05, 0.1) is 0 Å². The van der Waals surface area contributed by atoms with E-state index in [0.29, 0.717) is 11.9 Å². The van der Waals surface area contributed by atoms with Crippen LogP contribution < -0.4 is 10.6 Å². The number of hydrogen-bond acceptors (Lipinski definition) is 2. The molecule has 1 atom stereocenters. The molecule has 0 aromatic carbocycles. The van der Waals surface area contributed by atoms with Gasteiger partial charge in [-0.15, -0.1) is 0 Å². The Balaban J connectivity index is 1.60. The lowest BCUT2D eigenvalue weighted by Crippen LogP contribution is -2.54. The van der Waals surface area contributed by atoms with Crippen molar-refractivity contribution in [3.05, 3.63) is 0 Å². The Morgan fingerprint density at radius 3 is 2.16 bits per heavy atom. The van der Waals surface area contributed by atoms with Crippen LogP contribution in [0.25, 0.3) is 0 Å². The van der Waals surface area contributed by atoms with E-state index in [2.05, 4.69) is 24.5 Å². The fourth-order valence-electron chi connectivity index (χ4n) is 5.24. The van der Waals surface area contributed by atoms with Crippen molar-refractivity contribution in [3.63, 3.8) is 0 Å². The molecule has 4 aliphatic rings. The van der Waals surface area contributed by atoms with Crippen molar-refractivity contribution in [1.82, 2.24) is 10.6 Å². The average molecular weight is 264 g/mol. The van der Waals surface area contributed by atoms with Crippen LogP contribution in [0.4, 0.5) is 0 Å². The quantitative estimate of drug-likeness (QED) is 0.800. The molecule has 3 nitrogen and oxygen atoms in total. The van der Waals surface area contributed by atoms with Crippen molar-refractivity contribution >= 4 is 5.91 Å². The average Bonchev–Trinajstić information content (AvgIpc) is 2.34. The summed E-state index contributed by atoms with van der Waals surface area (Å²) in [5.74, 6) is 2.91. The summed E-state index contributed by atoms with van der Waals surface area (Å²) in [5, 5.41) is 6.58. The maximum Gasteiger partial charge on any atom is 0.226 e. The third-order valence-electron chi connectivity index (χ3n) is 5.64. The summed E-state index contributed by atoms with van der Waals surface area (Å²) in [6.07, 6.45) is 7.71. The van der Waals surface area contributed by atoms with Crippen LogP contribution >= 0.6 is 0 Å². The van der Waals surface area contributed by atoms with E-state index in [-0.39, 0.29) is 5.41 Å². The number of amides is 1. The lowest BCUT2D eigenvalue weighted by atomic mass is 9.49. The number of carbonyl (C=O) groups is 1. The lowest BCUT2D eigenvalue weighted by Gasteiger charge is -2.55. The zero-order chi connectivity index (χ0) is 13.5. The fourth-order valence-corrected chi connectivity index (χ4v) is 5.24. The molecular weight excluding hydrogens is 236 g/mol. The molecule has 0 aromatic rings. The molecular formula is C16H28N2O. The van der Waals surface area contributed by atoms with Crippen molar-refractivity contribution in [3.8, 4) is 0 Å². The normalized spacial score (nSPS) is 41.3. The molecule has 1 amide bonds. The summed E-state index contributed by atoms with van der Waals surface area (Å²) in [4.78, 5) is 12.7. The Hall–Kier alpha value is -0.570. The third-order valence-corrected chi connectivity index (χ3v) is 5.64. The van der Waals surface area contributed by atoms with Crippen LogP contribution in [0.15, 0.2) is 0 Å². The first kappa shape index (κ1) is 13.4. The van der Waals surface area contributed by atoms with Gasteiger partial charge in [0.2, 0.25) is 5.91 Å². The Morgan fingerprint density at radius 1 is 1.16 bits per heavy atom. The van der Waals surface area contributed by atoms with Crippen LogP contribution in [-0.4, -0.2) is 25.0 Å². The summed E-state index contributed by atoms with van der Waals surface area (Å²) < 4.78 is 0. The van der Waals surface area contributed by atoms with Crippen LogP contribution in [0.5, 0.6) is 0 Å². The molecule has 4 aliphatic carbocycles. The predicted molar refractivity (Wildman–Crippen MR) is 76.8 cm³/mol. The van der Waals surface area contributed by atoms with E-state index < -0.39 is 0 Å². The van der Waals surface area contributed by atoms with Crippen molar-refractivity contribution in [1.29, 1.82) is 0 Å². The molecule has 2 N–H and O–H groups in total. The van der Waals surface area contributed by atoms with E-state index >= 15 is 0 Å². The molecule has 4 bridgehead atoms. The van der Waals surface area contributed by atoms with E-state index in [4.69, 9.17) is 0 Å². The molecule has 0 aromatic heterocycles. The first-order chi connectivity index (χ1) is 9.11. The SMILES string of the molecule is CCN[C@H](C)CNC(=O)C12CC3CC(CC(C3)C1)C2. The highest BCUT2D eigenvalue weighted by Crippen LogP contribution is 2.60. The molecule has 4 rings (SSSR count). The number of rotatable bonds is 5. The van der Waals surface area contributed by atoms with Gasteiger partial charge >= 0.3 is 0 Å². The molecule has 19 heavy (non-hydrogen) atoms. The van der Waals surface area contributed by atoms with E-state index in [0.717, 1.165) is 30.8 Å². The summed E-state index contributed by atoms with van der Waals surface area (Å²) in [5.41, 5.74) is 0.0146. The van der Waals surface area contributed by atoms with Gasteiger partial charge in [-0.25, -0.2) is 0 Å². The number of hydrogen-bond donors (Lipinski definition) is 2. The molecule has 0 heterocycles. The van der Waals surface area contributed by atoms with Crippen LogP contribution in [0.2, 0.25) is 0 Å². The van der Waals surface area contributed by atoms with Gasteiger partial charge in [-0.1, -0.05) is 6.92 Å². The number of carbonyl (C=O) groups excluding carboxylic acids is 1. The molecule has 4 saturated carbocycles. The van der Waals surface area contributed by atoms with Gasteiger partial charge in [0.15, 0.2) is 0 Å². The predicted octanol–water partition coefficient (Wildman–Crippen LogP) is 2.32. The molecule has 3 heteroatoms. The van der Waals surface area contributed by atoms with E-state index in [1.54, 1.807) is 0 Å². The highest BCUT2D eigenvalue weighted by molar-refractivity contribution is 5.83. The van der Waals surface area contributed by atoms with Gasteiger partial charge < -0.3 is 10.6 Å². The van der Waals surface area contributed by atoms with Gasteiger partial charge in [-0.3, -0.25) is 4.79 Å². The summed E-state index contributed by atoms with van der Waals surface area (Å²) in [7, 11) is 0. The third kappa shape index (κ3) is 2.54. The van der Waals surface area contributed by atoms with Gasteiger partial charge in [-0.2, -0.15) is 0 Å². The molecule has 0 radical (unpaired) electrons. The minimum Gasteiger partial charge on any atom is -0.354 e. The molecule has 108 valence electrons. The molecule has 0 saturated heterocycles. The van der Waals surface area contributed by atoms with Crippen LogP contribution in [0, 0.1) is 23.2 Å². The maximum atomic E-state index is 12.7. The van der Waals surface area contributed by atoms with E-state index in [1.807, 2.05) is 0 Å². The van der Waals surface area contributed by atoms with Gasteiger partial charge in [0.1, 0.15) is 0 Å². The van der Waals surface area contributed by atoms with Gasteiger partial charge in [-0.05, 0) is 69.7 Å². The summed E-state index contributed by atoms with van der Waals surface area (Å²) in [6.45, 7) is 5.99. The molecule has 0 spiro atoms. The second-order valence-corrected chi connectivity index (χ2v) is 7.37. The van der Waals surface area contributed by atoms with Gasteiger partial charge in [0, 0.05) is 18.0 Å². The summed E-state index contributed by atoms with van der Waals surface area (Å²) >= 11 is 0. The summed E-state index contributed by atoms with van der Waals surface area (Å²) in [6, 6.07) is 0.378. The smallest absolute Gasteiger partial charge is 0.226 e. The Morgan fingerprint density at radius 2 is 1.68 bits per heavy atom. The second-order valence-electron chi connectivity index (χ2n) is 7.37. The standard InChI is InChI=1S/C16H28N2O/c1-3-17-11(2)10-18-15(19)16-7-12-4-13(8-16)6-14(5-12)9-16/h11-14,17H,3-10H2,1-2H3,(H,18,19)/t11-,12?,13?,14?,16?/m1/s1. The Labute approximate surface area is 116 Å². The van der Waals surface area contributed by atoms with Crippen molar-refractivity contribution in [2.75, 3.05) is 13.1 Å². The van der Waals surface area contributed by atoms with Crippen LogP contribution in [-0.2, 0) is 4.79 Å². The van der Waals surface area contributed by atoms with Crippen molar-refractivity contribution in [2.45, 2.75) is 58.4 Å². The highest BCUT2D eigenvalue weighted by atomic mass is 16.2. The Bertz CT molecular complexity index is 317. The topological polar surface area (TPSA) is 41.1 Å². The first-order valence-corrected chi connectivity index (χ1v) is 8.13. The number of likely N-dealkylation sites (N-methyl/N-ethyl adjacent to an activating group) is 1. The van der Waals surface area contributed by atoms with Gasteiger partial charge in [0.25, 0.3) is 0 Å². The fraction of sp³-hybridized carbons (Fsp3) is 0.938.